The molecule has 5 heteroatoms. The van der Waals surface area contributed by atoms with Crippen molar-refractivity contribution < 1.29 is 14.3 Å². The minimum Gasteiger partial charge on any atom is -0.493 e. The van der Waals surface area contributed by atoms with Crippen molar-refractivity contribution in [1.82, 2.24) is 0 Å². The summed E-state index contributed by atoms with van der Waals surface area (Å²) in [6, 6.07) is 14.5. The number of methoxy groups -OCH3 is 2. The quantitative estimate of drug-likeness (QED) is 0.878. The molecule has 0 bridgehead atoms. The molecule has 1 amide bonds. The number of nitrogens with zero attached hydrogens (tertiary/aromatic N) is 1. The zero-order valence-electron chi connectivity index (χ0n) is 12.5. The summed E-state index contributed by atoms with van der Waals surface area (Å²) in [7, 11) is 3.15. The van der Waals surface area contributed by atoms with Crippen molar-refractivity contribution in [3.63, 3.8) is 0 Å². The fraction of sp³-hybridized carbons (Fsp3) is 0.235. The van der Waals surface area contributed by atoms with Crippen molar-refractivity contribution in [2.45, 2.75) is 12.1 Å². The van der Waals surface area contributed by atoms with Crippen LogP contribution in [0.3, 0.4) is 0 Å². The Balaban J connectivity index is 1.98. The number of nitrogens with two attached hydrogens (primary N) is 1. The van der Waals surface area contributed by atoms with Crippen LogP contribution in [-0.4, -0.2) is 26.2 Å². The number of ether oxygens (including phenoxy) is 2. The highest BCUT2D eigenvalue weighted by Crippen LogP contribution is 2.41. The molecule has 5 nitrogen and oxygen atoms in total. The molecule has 2 aromatic carbocycles. The first kappa shape index (κ1) is 14.4. The number of carbonyl (C=O) groups excluding carboxylic acids is 1. The summed E-state index contributed by atoms with van der Waals surface area (Å²) in [4.78, 5) is 13.9. The van der Waals surface area contributed by atoms with Gasteiger partial charge >= 0.3 is 0 Å². The van der Waals surface area contributed by atoms with Gasteiger partial charge in [-0.15, -0.1) is 0 Å². The van der Waals surface area contributed by atoms with Crippen LogP contribution >= 0.6 is 0 Å². The van der Waals surface area contributed by atoms with Gasteiger partial charge in [-0.05, 0) is 17.7 Å². The Morgan fingerprint density at radius 3 is 2.32 bits per heavy atom. The maximum Gasteiger partial charge on any atom is 0.247 e. The molecule has 2 N–H and O–H groups in total. The topological polar surface area (TPSA) is 64.8 Å². The third-order valence-electron chi connectivity index (χ3n) is 3.93. The first-order valence-electron chi connectivity index (χ1n) is 7.03. The Kier molecular flexibility index (Phi) is 3.73. The van der Waals surface area contributed by atoms with Crippen LogP contribution in [0.15, 0.2) is 48.5 Å². The van der Waals surface area contributed by atoms with E-state index in [4.69, 9.17) is 15.2 Å². The van der Waals surface area contributed by atoms with Gasteiger partial charge in [0, 0.05) is 11.8 Å². The largest absolute Gasteiger partial charge is 0.493 e. The predicted octanol–water partition coefficient (Wildman–Crippen LogP) is 2.12. The summed E-state index contributed by atoms with van der Waals surface area (Å²) in [5, 5.41) is 0. The fourth-order valence-corrected chi connectivity index (χ4v) is 2.78. The van der Waals surface area contributed by atoms with Crippen molar-refractivity contribution in [3.8, 4) is 11.5 Å². The lowest BCUT2D eigenvalue weighted by Gasteiger charge is -2.45. The average molecular weight is 298 g/mol. The lowest BCUT2D eigenvalue weighted by atomic mass is 9.88. The maximum atomic E-state index is 12.2. The van der Waals surface area contributed by atoms with Gasteiger partial charge in [-0.3, -0.25) is 4.79 Å². The smallest absolute Gasteiger partial charge is 0.247 e. The molecule has 3 rings (SSSR count). The number of amides is 1. The van der Waals surface area contributed by atoms with Gasteiger partial charge in [0.15, 0.2) is 11.5 Å². The van der Waals surface area contributed by atoms with Gasteiger partial charge in [0.05, 0.1) is 20.3 Å². The van der Waals surface area contributed by atoms with E-state index in [1.165, 1.54) is 0 Å². The molecule has 22 heavy (non-hydrogen) atoms. The van der Waals surface area contributed by atoms with E-state index in [-0.39, 0.29) is 11.9 Å². The molecule has 0 spiro atoms. The number of anilines is 1. The zero-order chi connectivity index (χ0) is 15.7. The lowest BCUT2D eigenvalue weighted by Crippen LogP contribution is -2.63. The molecule has 1 heterocycles. The van der Waals surface area contributed by atoms with Gasteiger partial charge in [-0.1, -0.05) is 30.3 Å². The van der Waals surface area contributed by atoms with Crippen LogP contribution < -0.4 is 20.1 Å². The third kappa shape index (κ3) is 2.19. The van der Waals surface area contributed by atoms with Crippen LogP contribution in [0.4, 0.5) is 5.69 Å². The predicted molar refractivity (Wildman–Crippen MR) is 84.2 cm³/mol. The van der Waals surface area contributed by atoms with Gasteiger partial charge in [-0.25, -0.2) is 0 Å². The normalized spacial score (nSPS) is 20.5. The average Bonchev–Trinajstić information content (AvgIpc) is 2.58. The molecule has 1 aliphatic rings. The Hall–Kier alpha value is -2.53. The summed E-state index contributed by atoms with van der Waals surface area (Å²) in [5.74, 6) is 1.11. The Labute approximate surface area is 129 Å². The van der Waals surface area contributed by atoms with Crippen molar-refractivity contribution in [3.05, 3.63) is 54.1 Å². The SMILES string of the molecule is COc1ccc(N2C(=O)C(N)C2c2ccccc2)cc1OC. The second-order valence-corrected chi connectivity index (χ2v) is 5.13. The van der Waals surface area contributed by atoms with Gasteiger partial charge in [0.1, 0.15) is 6.04 Å². The first-order valence-corrected chi connectivity index (χ1v) is 7.03. The van der Waals surface area contributed by atoms with Gasteiger partial charge < -0.3 is 20.1 Å². The van der Waals surface area contributed by atoms with Crippen LogP contribution in [0, 0.1) is 0 Å². The Bertz CT molecular complexity index is 688. The van der Waals surface area contributed by atoms with E-state index in [1.54, 1.807) is 31.3 Å². The molecule has 0 radical (unpaired) electrons. The van der Waals surface area contributed by atoms with Gasteiger partial charge in [0.2, 0.25) is 5.91 Å². The number of benzene rings is 2. The first-order chi connectivity index (χ1) is 10.7. The molecule has 1 fully saturated rings. The Morgan fingerprint density at radius 2 is 1.68 bits per heavy atom. The van der Waals surface area contributed by atoms with Gasteiger partial charge in [-0.2, -0.15) is 0 Å². The van der Waals surface area contributed by atoms with Crippen LogP contribution in [0.5, 0.6) is 11.5 Å². The highest BCUT2D eigenvalue weighted by molar-refractivity contribution is 6.05. The molecule has 1 aliphatic heterocycles. The second kappa shape index (κ2) is 5.69. The molecule has 2 aromatic rings. The van der Waals surface area contributed by atoms with E-state index >= 15 is 0 Å². The summed E-state index contributed by atoms with van der Waals surface area (Å²) in [6.07, 6.45) is 0. The minimum absolute atomic E-state index is 0.0962. The zero-order valence-corrected chi connectivity index (χ0v) is 12.5. The van der Waals surface area contributed by atoms with E-state index < -0.39 is 6.04 Å². The molecule has 0 aliphatic carbocycles. The van der Waals surface area contributed by atoms with E-state index in [1.807, 2.05) is 36.4 Å². The summed E-state index contributed by atoms with van der Waals surface area (Å²) in [5.41, 5.74) is 7.77. The standard InChI is InChI=1S/C17H18N2O3/c1-21-13-9-8-12(10-14(13)22-2)19-16(15(18)17(19)20)11-6-4-3-5-7-11/h3-10,15-16H,18H2,1-2H3. The van der Waals surface area contributed by atoms with E-state index in [0.29, 0.717) is 11.5 Å². The fourth-order valence-electron chi connectivity index (χ4n) is 2.78. The summed E-state index contributed by atoms with van der Waals surface area (Å²) < 4.78 is 10.5. The number of β-lactam (4-membered cyclic amide) rings is 1. The number of rotatable bonds is 4. The lowest BCUT2D eigenvalue weighted by molar-refractivity contribution is -0.126. The molecule has 1 saturated heterocycles. The monoisotopic (exact) mass is 298 g/mol. The van der Waals surface area contributed by atoms with Crippen molar-refractivity contribution in [2.75, 3.05) is 19.1 Å². The third-order valence-corrected chi connectivity index (χ3v) is 3.93. The van der Waals surface area contributed by atoms with Crippen molar-refractivity contribution in [1.29, 1.82) is 0 Å². The molecule has 2 atom stereocenters. The molecule has 0 saturated carbocycles. The highest BCUT2D eigenvalue weighted by Gasteiger charge is 2.46. The maximum absolute atomic E-state index is 12.2. The molecule has 0 aromatic heterocycles. The minimum atomic E-state index is -0.518. The highest BCUT2D eigenvalue weighted by atomic mass is 16.5. The van der Waals surface area contributed by atoms with E-state index in [9.17, 15) is 4.79 Å². The van der Waals surface area contributed by atoms with E-state index in [2.05, 4.69) is 0 Å². The molecular weight excluding hydrogens is 280 g/mol. The number of carbonyl (C=O) groups is 1. The molecular formula is C17H18N2O3. The summed E-state index contributed by atoms with van der Waals surface area (Å²) >= 11 is 0. The van der Waals surface area contributed by atoms with Crippen LogP contribution in [0.25, 0.3) is 0 Å². The van der Waals surface area contributed by atoms with E-state index in [0.717, 1.165) is 11.3 Å². The number of hydrogen-bond acceptors (Lipinski definition) is 4. The van der Waals surface area contributed by atoms with Crippen LogP contribution in [0.2, 0.25) is 0 Å². The molecule has 114 valence electrons. The van der Waals surface area contributed by atoms with Crippen LogP contribution in [-0.2, 0) is 4.79 Å². The summed E-state index contributed by atoms with van der Waals surface area (Å²) in [6.45, 7) is 0. The number of hydrogen-bond donors (Lipinski definition) is 1. The Morgan fingerprint density at radius 1 is 1.00 bits per heavy atom. The van der Waals surface area contributed by atoms with Crippen molar-refractivity contribution >= 4 is 11.6 Å². The molecule has 2 unspecified atom stereocenters. The van der Waals surface area contributed by atoms with Crippen LogP contribution in [0.1, 0.15) is 11.6 Å². The van der Waals surface area contributed by atoms with Crippen molar-refractivity contribution in [2.24, 2.45) is 5.73 Å². The second-order valence-electron chi connectivity index (χ2n) is 5.13. The van der Waals surface area contributed by atoms with Gasteiger partial charge in [0.25, 0.3) is 0 Å².